The van der Waals surface area contributed by atoms with Gasteiger partial charge >= 0.3 is 0 Å². The minimum absolute atomic E-state index is 0.690. The predicted octanol–water partition coefficient (Wildman–Crippen LogP) is 2.58. The highest BCUT2D eigenvalue weighted by Crippen LogP contribution is 2.30. The lowest BCUT2D eigenvalue weighted by Crippen LogP contribution is -2.05. The van der Waals surface area contributed by atoms with E-state index in [0.717, 1.165) is 20.6 Å². The predicted molar refractivity (Wildman–Crippen MR) is 63.1 cm³/mol. The summed E-state index contributed by atoms with van der Waals surface area (Å²) in [6.45, 7) is 0.690. The highest BCUT2D eigenvalue weighted by Gasteiger charge is 2.09. The van der Waals surface area contributed by atoms with Crippen molar-refractivity contribution >= 4 is 22.9 Å². The van der Waals surface area contributed by atoms with Crippen LogP contribution in [-0.4, -0.2) is 17.0 Å². The maximum absolute atomic E-state index is 6.07. The van der Waals surface area contributed by atoms with Gasteiger partial charge in [-0.05, 0) is 19.2 Å². The molecule has 0 spiro atoms. The van der Waals surface area contributed by atoms with Crippen molar-refractivity contribution in [2.45, 2.75) is 6.54 Å². The molecule has 78 valence electrons. The second-order valence-corrected chi connectivity index (χ2v) is 4.61. The number of nitrogens with zero attached hydrogens (tertiary/aromatic N) is 2. The standard InChI is InChI=1S/C10H10ClN3S/c1-12-6-8-9(11)15-10(14-8)7-3-2-4-13-5-7/h2-5,12H,6H2,1H3. The average Bonchev–Trinajstić information content (AvgIpc) is 2.63. The van der Waals surface area contributed by atoms with E-state index in [1.165, 1.54) is 11.3 Å². The van der Waals surface area contributed by atoms with E-state index in [9.17, 15) is 0 Å². The van der Waals surface area contributed by atoms with Crippen molar-refractivity contribution in [3.05, 3.63) is 34.6 Å². The minimum atomic E-state index is 0.690. The molecule has 0 aliphatic rings. The van der Waals surface area contributed by atoms with Crippen molar-refractivity contribution in [1.29, 1.82) is 0 Å². The third-order valence-corrected chi connectivity index (χ3v) is 3.29. The van der Waals surface area contributed by atoms with E-state index in [2.05, 4.69) is 15.3 Å². The highest BCUT2D eigenvalue weighted by atomic mass is 35.5. The zero-order valence-corrected chi connectivity index (χ0v) is 9.77. The molecule has 5 heteroatoms. The topological polar surface area (TPSA) is 37.8 Å². The van der Waals surface area contributed by atoms with E-state index >= 15 is 0 Å². The SMILES string of the molecule is CNCc1nc(-c2cccnc2)sc1Cl. The Morgan fingerprint density at radius 1 is 1.53 bits per heavy atom. The molecule has 0 aliphatic heterocycles. The van der Waals surface area contributed by atoms with Crippen LogP contribution in [0.15, 0.2) is 24.5 Å². The molecule has 1 N–H and O–H groups in total. The number of aromatic nitrogens is 2. The number of halogens is 1. The monoisotopic (exact) mass is 239 g/mol. The summed E-state index contributed by atoms with van der Waals surface area (Å²) in [4.78, 5) is 8.51. The first-order chi connectivity index (χ1) is 7.31. The van der Waals surface area contributed by atoms with Crippen molar-refractivity contribution in [3.8, 4) is 10.6 Å². The van der Waals surface area contributed by atoms with E-state index in [4.69, 9.17) is 11.6 Å². The summed E-state index contributed by atoms with van der Waals surface area (Å²) in [5.74, 6) is 0. The number of hydrogen-bond acceptors (Lipinski definition) is 4. The van der Waals surface area contributed by atoms with Crippen LogP contribution in [0.25, 0.3) is 10.6 Å². The summed E-state index contributed by atoms with van der Waals surface area (Å²) in [6, 6.07) is 3.87. The Morgan fingerprint density at radius 2 is 2.40 bits per heavy atom. The Bertz CT molecular complexity index is 441. The fraction of sp³-hybridized carbons (Fsp3) is 0.200. The van der Waals surface area contributed by atoms with Gasteiger partial charge in [-0.15, -0.1) is 11.3 Å². The zero-order chi connectivity index (χ0) is 10.7. The lowest BCUT2D eigenvalue weighted by Gasteiger charge is -1.94. The highest BCUT2D eigenvalue weighted by molar-refractivity contribution is 7.19. The van der Waals surface area contributed by atoms with E-state index in [-0.39, 0.29) is 0 Å². The van der Waals surface area contributed by atoms with Crippen molar-refractivity contribution in [3.63, 3.8) is 0 Å². The van der Waals surface area contributed by atoms with Crippen LogP contribution < -0.4 is 5.32 Å². The van der Waals surface area contributed by atoms with Gasteiger partial charge in [0.05, 0.1) is 5.69 Å². The summed E-state index contributed by atoms with van der Waals surface area (Å²) in [5, 5.41) is 3.95. The van der Waals surface area contributed by atoms with Gasteiger partial charge in [0.15, 0.2) is 0 Å². The van der Waals surface area contributed by atoms with Crippen molar-refractivity contribution in [2.24, 2.45) is 0 Å². The van der Waals surface area contributed by atoms with Crippen LogP contribution in [0.5, 0.6) is 0 Å². The molecular weight excluding hydrogens is 230 g/mol. The van der Waals surface area contributed by atoms with Gasteiger partial charge in [-0.2, -0.15) is 0 Å². The third kappa shape index (κ3) is 2.34. The fourth-order valence-electron chi connectivity index (χ4n) is 1.22. The van der Waals surface area contributed by atoms with Gasteiger partial charge in [-0.25, -0.2) is 4.98 Å². The quantitative estimate of drug-likeness (QED) is 0.895. The second kappa shape index (κ2) is 4.70. The summed E-state index contributed by atoms with van der Waals surface area (Å²) in [5.41, 5.74) is 1.90. The fourth-order valence-corrected chi connectivity index (χ4v) is 2.35. The van der Waals surface area contributed by atoms with Crippen LogP contribution in [0.1, 0.15) is 5.69 Å². The molecule has 2 aromatic rings. The van der Waals surface area contributed by atoms with Gasteiger partial charge < -0.3 is 5.32 Å². The molecule has 0 amide bonds. The molecule has 2 rings (SSSR count). The molecule has 0 bridgehead atoms. The van der Waals surface area contributed by atoms with Crippen LogP contribution in [0, 0.1) is 0 Å². The Hall–Kier alpha value is -0.970. The zero-order valence-electron chi connectivity index (χ0n) is 8.20. The van der Waals surface area contributed by atoms with Crippen LogP contribution in [0.3, 0.4) is 0 Å². The van der Waals surface area contributed by atoms with Crippen LogP contribution in [-0.2, 0) is 6.54 Å². The molecule has 0 unspecified atom stereocenters. The molecule has 3 nitrogen and oxygen atoms in total. The van der Waals surface area contributed by atoms with Gasteiger partial charge in [0.25, 0.3) is 0 Å². The van der Waals surface area contributed by atoms with E-state index < -0.39 is 0 Å². The van der Waals surface area contributed by atoms with Crippen molar-refractivity contribution in [1.82, 2.24) is 15.3 Å². The molecule has 0 atom stereocenters. The molecule has 0 aromatic carbocycles. The molecule has 0 fully saturated rings. The maximum Gasteiger partial charge on any atom is 0.126 e. The average molecular weight is 240 g/mol. The van der Waals surface area contributed by atoms with E-state index in [1.54, 1.807) is 12.4 Å². The normalized spacial score (nSPS) is 10.5. The minimum Gasteiger partial charge on any atom is -0.314 e. The van der Waals surface area contributed by atoms with Gasteiger partial charge in [-0.3, -0.25) is 4.98 Å². The van der Waals surface area contributed by atoms with Gasteiger partial charge in [-0.1, -0.05) is 11.6 Å². The Morgan fingerprint density at radius 3 is 3.07 bits per heavy atom. The Balaban J connectivity index is 2.34. The Kier molecular flexibility index (Phi) is 3.30. The summed E-state index contributed by atoms with van der Waals surface area (Å²) in [7, 11) is 1.87. The summed E-state index contributed by atoms with van der Waals surface area (Å²) in [6.07, 6.45) is 3.53. The largest absolute Gasteiger partial charge is 0.314 e. The molecule has 0 aliphatic carbocycles. The van der Waals surface area contributed by atoms with Gasteiger partial charge in [0.1, 0.15) is 9.34 Å². The maximum atomic E-state index is 6.07. The molecule has 0 saturated heterocycles. The first-order valence-electron chi connectivity index (χ1n) is 4.51. The first-order valence-corrected chi connectivity index (χ1v) is 5.71. The number of hydrogen-bond donors (Lipinski definition) is 1. The summed E-state index contributed by atoms with van der Waals surface area (Å²) >= 11 is 7.55. The molecule has 0 radical (unpaired) electrons. The molecule has 2 aromatic heterocycles. The Labute approximate surface area is 97.2 Å². The van der Waals surface area contributed by atoms with Crippen LogP contribution in [0.2, 0.25) is 4.34 Å². The van der Waals surface area contributed by atoms with Crippen molar-refractivity contribution < 1.29 is 0 Å². The molecule has 2 heterocycles. The lowest BCUT2D eigenvalue weighted by atomic mass is 10.3. The summed E-state index contributed by atoms with van der Waals surface area (Å²) < 4.78 is 0.739. The second-order valence-electron chi connectivity index (χ2n) is 3.01. The first kappa shape index (κ1) is 10.5. The van der Waals surface area contributed by atoms with E-state index in [0.29, 0.717) is 6.54 Å². The smallest absolute Gasteiger partial charge is 0.126 e. The lowest BCUT2D eigenvalue weighted by molar-refractivity contribution is 0.798. The number of pyridine rings is 1. The number of rotatable bonds is 3. The van der Waals surface area contributed by atoms with Crippen molar-refractivity contribution in [2.75, 3.05) is 7.05 Å². The van der Waals surface area contributed by atoms with Crippen LogP contribution >= 0.6 is 22.9 Å². The van der Waals surface area contributed by atoms with Gasteiger partial charge in [0, 0.05) is 24.5 Å². The number of thiazole rings is 1. The molecule has 15 heavy (non-hydrogen) atoms. The molecular formula is C10H10ClN3S. The molecule has 0 saturated carbocycles. The number of nitrogens with one attached hydrogen (secondary N) is 1. The van der Waals surface area contributed by atoms with E-state index in [1.807, 2.05) is 19.2 Å². The van der Waals surface area contributed by atoms with Gasteiger partial charge in [0.2, 0.25) is 0 Å². The third-order valence-electron chi connectivity index (χ3n) is 1.90. The van der Waals surface area contributed by atoms with Crippen LogP contribution in [0.4, 0.5) is 0 Å².